The number of piperazine rings is 1. The van der Waals surface area contributed by atoms with Gasteiger partial charge in [-0.2, -0.15) is 0 Å². The Bertz CT molecular complexity index is 437. The number of nitrogens with zero attached hydrogens (tertiary/aromatic N) is 1. The third kappa shape index (κ3) is 2.73. The first-order valence-corrected chi connectivity index (χ1v) is 6.30. The molecule has 1 N–H and O–H groups in total. The van der Waals surface area contributed by atoms with Crippen molar-refractivity contribution in [1.82, 2.24) is 10.2 Å². The van der Waals surface area contributed by atoms with Crippen LogP contribution >= 0.6 is 23.2 Å². The number of benzene rings is 1. The van der Waals surface area contributed by atoms with E-state index in [1.807, 2.05) is 19.1 Å². The first-order valence-electron chi connectivity index (χ1n) is 5.54. The molecule has 1 fully saturated rings. The lowest BCUT2D eigenvalue weighted by molar-refractivity contribution is -0.135. The van der Waals surface area contributed by atoms with Gasteiger partial charge in [0.1, 0.15) is 0 Å². The second kappa shape index (κ2) is 5.25. The molecule has 92 valence electrons. The van der Waals surface area contributed by atoms with Gasteiger partial charge in [-0.15, -0.1) is 0 Å². The van der Waals surface area contributed by atoms with E-state index < -0.39 is 0 Å². The van der Waals surface area contributed by atoms with Gasteiger partial charge in [-0.3, -0.25) is 4.79 Å². The molecule has 0 aromatic heterocycles. The third-order valence-electron chi connectivity index (χ3n) is 2.91. The van der Waals surface area contributed by atoms with E-state index in [2.05, 4.69) is 5.32 Å². The fraction of sp³-hybridized carbons (Fsp3) is 0.417. The number of halogens is 2. The number of carbonyl (C=O) groups excluding carboxylic acids is 1. The van der Waals surface area contributed by atoms with Crippen LogP contribution in [0.2, 0.25) is 10.0 Å². The van der Waals surface area contributed by atoms with E-state index in [0.29, 0.717) is 23.1 Å². The zero-order valence-corrected chi connectivity index (χ0v) is 11.1. The molecule has 1 heterocycles. The van der Waals surface area contributed by atoms with Crippen LogP contribution in [-0.4, -0.2) is 29.9 Å². The lowest BCUT2D eigenvalue weighted by atomic mass is 10.1. The zero-order chi connectivity index (χ0) is 12.4. The molecule has 1 amide bonds. The SMILES string of the molecule is CC1NCCN(Cc2cccc(Cl)c2Cl)C1=O. The van der Waals surface area contributed by atoms with E-state index >= 15 is 0 Å². The standard InChI is InChI=1S/C12H14Cl2N2O/c1-8-12(17)16(6-5-15-8)7-9-3-2-4-10(13)11(9)14/h2-4,8,15H,5-7H2,1H3. The lowest BCUT2D eigenvalue weighted by Crippen LogP contribution is -2.53. The predicted molar refractivity (Wildman–Crippen MR) is 69.3 cm³/mol. The van der Waals surface area contributed by atoms with Gasteiger partial charge in [0.05, 0.1) is 16.1 Å². The quantitative estimate of drug-likeness (QED) is 0.896. The van der Waals surface area contributed by atoms with E-state index in [1.165, 1.54) is 0 Å². The molecular formula is C12H14Cl2N2O. The zero-order valence-electron chi connectivity index (χ0n) is 9.54. The summed E-state index contributed by atoms with van der Waals surface area (Å²) in [5.41, 5.74) is 0.890. The molecule has 2 rings (SSSR count). The molecule has 1 aliphatic rings. The molecule has 1 aliphatic heterocycles. The second-order valence-electron chi connectivity index (χ2n) is 4.15. The summed E-state index contributed by atoms with van der Waals surface area (Å²) in [6, 6.07) is 5.37. The molecule has 0 spiro atoms. The van der Waals surface area contributed by atoms with Crippen LogP contribution < -0.4 is 5.32 Å². The molecule has 17 heavy (non-hydrogen) atoms. The molecule has 5 heteroatoms. The summed E-state index contributed by atoms with van der Waals surface area (Å²) < 4.78 is 0. The van der Waals surface area contributed by atoms with Gasteiger partial charge in [-0.25, -0.2) is 0 Å². The Balaban J connectivity index is 2.15. The Kier molecular flexibility index (Phi) is 3.92. The minimum absolute atomic E-state index is 0.104. The van der Waals surface area contributed by atoms with Crippen molar-refractivity contribution in [3.05, 3.63) is 33.8 Å². The monoisotopic (exact) mass is 272 g/mol. The highest BCUT2D eigenvalue weighted by molar-refractivity contribution is 6.42. The largest absolute Gasteiger partial charge is 0.336 e. The normalized spacial score (nSPS) is 20.8. The summed E-state index contributed by atoms with van der Waals surface area (Å²) in [4.78, 5) is 13.7. The van der Waals surface area contributed by atoms with Crippen molar-refractivity contribution in [2.45, 2.75) is 19.5 Å². The molecule has 0 saturated carbocycles. The average Bonchev–Trinajstić information content (AvgIpc) is 2.31. The highest BCUT2D eigenvalue weighted by Gasteiger charge is 2.25. The summed E-state index contributed by atoms with van der Waals surface area (Å²) in [7, 11) is 0. The summed E-state index contributed by atoms with van der Waals surface area (Å²) in [5.74, 6) is 0.104. The van der Waals surface area contributed by atoms with Crippen molar-refractivity contribution in [1.29, 1.82) is 0 Å². The van der Waals surface area contributed by atoms with Crippen molar-refractivity contribution in [3.63, 3.8) is 0 Å². The fourth-order valence-electron chi connectivity index (χ4n) is 1.92. The van der Waals surface area contributed by atoms with Crippen molar-refractivity contribution >= 4 is 29.1 Å². The molecule has 0 radical (unpaired) electrons. The van der Waals surface area contributed by atoms with Gasteiger partial charge in [-0.1, -0.05) is 35.3 Å². The maximum absolute atomic E-state index is 11.9. The number of rotatable bonds is 2. The molecular weight excluding hydrogens is 259 g/mol. The van der Waals surface area contributed by atoms with E-state index in [4.69, 9.17) is 23.2 Å². The number of nitrogens with one attached hydrogen (secondary N) is 1. The molecule has 1 unspecified atom stereocenters. The van der Waals surface area contributed by atoms with Crippen LogP contribution in [0.5, 0.6) is 0 Å². The fourth-order valence-corrected chi connectivity index (χ4v) is 2.30. The van der Waals surface area contributed by atoms with Crippen LogP contribution in [0.15, 0.2) is 18.2 Å². The summed E-state index contributed by atoms with van der Waals surface area (Å²) in [6.07, 6.45) is 0. The Hall–Kier alpha value is -0.770. The summed E-state index contributed by atoms with van der Waals surface area (Å²) in [6.45, 7) is 3.90. The van der Waals surface area contributed by atoms with Crippen molar-refractivity contribution in [2.75, 3.05) is 13.1 Å². The molecule has 0 aliphatic carbocycles. The molecule has 1 saturated heterocycles. The van der Waals surface area contributed by atoms with Gasteiger partial charge < -0.3 is 10.2 Å². The second-order valence-corrected chi connectivity index (χ2v) is 4.93. The number of hydrogen-bond donors (Lipinski definition) is 1. The predicted octanol–water partition coefficient (Wildman–Crippen LogP) is 2.31. The Morgan fingerprint density at radius 2 is 2.24 bits per heavy atom. The van der Waals surface area contributed by atoms with Crippen LogP contribution in [-0.2, 0) is 11.3 Å². The van der Waals surface area contributed by atoms with Gasteiger partial charge in [0.25, 0.3) is 0 Å². The van der Waals surface area contributed by atoms with Crippen molar-refractivity contribution < 1.29 is 4.79 Å². The smallest absolute Gasteiger partial charge is 0.239 e. The summed E-state index contributed by atoms with van der Waals surface area (Å²) in [5, 5.41) is 4.19. The molecule has 1 atom stereocenters. The van der Waals surface area contributed by atoms with Crippen molar-refractivity contribution in [3.8, 4) is 0 Å². The van der Waals surface area contributed by atoms with Gasteiger partial charge >= 0.3 is 0 Å². The van der Waals surface area contributed by atoms with Gasteiger partial charge in [0.2, 0.25) is 5.91 Å². The molecule has 1 aromatic carbocycles. The number of carbonyl (C=O) groups is 1. The minimum atomic E-state index is -0.123. The van der Waals surface area contributed by atoms with Crippen molar-refractivity contribution in [2.24, 2.45) is 0 Å². The van der Waals surface area contributed by atoms with Gasteiger partial charge in [-0.05, 0) is 18.6 Å². The maximum Gasteiger partial charge on any atom is 0.239 e. The molecule has 3 nitrogen and oxygen atoms in total. The van der Waals surface area contributed by atoms with Crippen LogP contribution in [0.4, 0.5) is 0 Å². The van der Waals surface area contributed by atoms with Crippen LogP contribution in [0.3, 0.4) is 0 Å². The first kappa shape index (κ1) is 12.7. The van der Waals surface area contributed by atoms with Gasteiger partial charge in [0, 0.05) is 19.6 Å². The topological polar surface area (TPSA) is 32.3 Å². The lowest BCUT2D eigenvalue weighted by Gasteiger charge is -2.31. The minimum Gasteiger partial charge on any atom is -0.336 e. The highest BCUT2D eigenvalue weighted by atomic mass is 35.5. The number of hydrogen-bond acceptors (Lipinski definition) is 2. The van der Waals surface area contributed by atoms with Crippen LogP contribution in [0.25, 0.3) is 0 Å². The maximum atomic E-state index is 11.9. The first-order chi connectivity index (χ1) is 8.09. The summed E-state index contributed by atoms with van der Waals surface area (Å²) >= 11 is 12.1. The molecule has 0 bridgehead atoms. The third-order valence-corrected chi connectivity index (χ3v) is 3.77. The van der Waals surface area contributed by atoms with Crippen LogP contribution in [0, 0.1) is 0 Å². The number of amides is 1. The van der Waals surface area contributed by atoms with E-state index in [1.54, 1.807) is 11.0 Å². The highest BCUT2D eigenvalue weighted by Crippen LogP contribution is 2.26. The van der Waals surface area contributed by atoms with Crippen LogP contribution in [0.1, 0.15) is 12.5 Å². The molecule has 1 aromatic rings. The Labute approximate surface area is 111 Å². The van der Waals surface area contributed by atoms with Gasteiger partial charge in [0.15, 0.2) is 0 Å². The van der Waals surface area contributed by atoms with E-state index in [0.717, 1.165) is 12.1 Å². The Morgan fingerprint density at radius 1 is 1.47 bits per heavy atom. The van der Waals surface area contributed by atoms with E-state index in [-0.39, 0.29) is 11.9 Å². The average molecular weight is 273 g/mol. The Morgan fingerprint density at radius 3 is 3.00 bits per heavy atom. The van der Waals surface area contributed by atoms with E-state index in [9.17, 15) is 4.79 Å².